The van der Waals surface area contributed by atoms with Crippen LogP contribution < -0.4 is 5.73 Å². The van der Waals surface area contributed by atoms with E-state index in [9.17, 15) is 0 Å². The van der Waals surface area contributed by atoms with Crippen molar-refractivity contribution >= 4 is 0 Å². The Bertz CT molecular complexity index is 204. The van der Waals surface area contributed by atoms with E-state index in [1.54, 1.807) is 0 Å². The van der Waals surface area contributed by atoms with Crippen LogP contribution in [-0.4, -0.2) is 29.5 Å². The van der Waals surface area contributed by atoms with Gasteiger partial charge in [-0.1, -0.05) is 0 Å². The second-order valence-corrected chi connectivity index (χ2v) is 3.39. The molecule has 0 saturated carbocycles. The van der Waals surface area contributed by atoms with E-state index in [0.29, 0.717) is 0 Å². The standard InChI is InChI=1S/C9H17N3/c1-8(10)6-12(2)7-9-3-4-11-5-9/h3-5,8,11H,6-7,10H2,1-2H3. The van der Waals surface area contributed by atoms with Gasteiger partial charge in [-0.3, -0.25) is 0 Å². The molecule has 68 valence electrons. The van der Waals surface area contributed by atoms with Gasteiger partial charge in [0.2, 0.25) is 0 Å². The van der Waals surface area contributed by atoms with Crippen molar-refractivity contribution in [3.63, 3.8) is 0 Å². The number of rotatable bonds is 4. The first-order chi connectivity index (χ1) is 5.68. The predicted octanol–water partition coefficient (Wildman–Crippen LogP) is 0.794. The Morgan fingerprint density at radius 3 is 2.92 bits per heavy atom. The third-order valence-corrected chi connectivity index (χ3v) is 1.71. The summed E-state index contributed by atoms with van der Waals surface area (Å²) in [6.07, 6.45) is 3.95. The first-order valence-electron chi connectivity index (χ1n) is 4.24. The van der Waals surface area contributed by atoms with Gasteiger partial charge in [0.25, 0.3) is 0 Å². The second kappa shape index (κ2) is 4.28. The lowest BCUT2D eigenvalue weighted by Crippen LogP contribution is -2.32. The molecule has 0 amide bonds. The van der Waals surface area contributed by atoms with Crippen LogP contribution in [0.3, 0.4) is 0 Å². The molecule has 0 aliphatic heterocycles. The van der Waals surface area contributed by atoms with Crippen LogP contribution in [0.5, 0.6) is 0 Å². The lowest BCUT2D eigenvalue weighted by molar-refractivity contribution is 0.310. The molecule has 3 N–H and O–H groups in total. The summed E-state index contributed by atoms with van der Waals surface area (Å²) < 4.78 is 0. The zero-order valence-corrected chi connectivity index (χ0v) is 7.75. The lowest BCUT2D eigenvalue weighted by atomic mass is 10.3. The first-order valence-corrected chi connectivity index (χ1v) is 4.24. The van der Waals surface area contributed by atoms with Crippen LogP contribution in [0.25, 0.3) is 0 Å². The topological polar surface area (TPSA) is 45.0 Å². The molecule has 1 atom stereocenters. The summed E-state index contributed by atoms with van der Waals surface area (Å²) in [6.45, 7) is 3.92. The molecule has 0 aliphatic carbocycles. The van der Waals surface area contributed by atoms with Crippen molar-refractivity contribution in [2.24, 2.45) is 5.73 Å². The minimum absolute atomic E-state index is 0.244. The van der Waals surface area contributed by atoms with Crippen LogP contribution in [0.2, 0.25) is 0 Å². The van der Waals surface area contributed by atoms with Crippen LogP contribution in [0, 0.1) is 0 Å². The smallest absolute Gasteiger partial charge is 0.0246 e. The normalized spacial score (nSPS) is 13.7. The summed E-state index contributed by atoms with van der Waals surface area (Å²) >= 11 is 0. The van der Waals surface area contributed by atoms with E-state index >= 15 is 0 Å². The SMILES string of the molecule is CC(N)CN(C)Cc1cc[nH]c1. The van der Waals surface area contributed by atoms with Crippen molar-refractivity contribution in [3.8, 4) is 0 Å². The van der Waals surface area contributed by atoms with Crippen molar-refractivity contribution in [1.82, 2.24) is 9.88 Å². The van der Waals surface area contributed by atoms with Crippen molar-refractivity contribution in [3.05, 3.63) is 24.0 Å². The fraction of sp³-hybridized carbons (Fsp3) is 0.556. The third-order valence-electron chi connectivity index (χ3n) is 1.71. The maximum atomic E-state index is 5.67. The number of aromatic amines is 1. The van der Waals surface area contributed by atoms with E-state index < -0.39 is 0 Å². The van der Waals surface area contributed by atoms with Crippen molar-refractivity contribution in [2.75, 3.05) is 13.6 Å². The Kier molecular flexibility index (Phi) is 3.31. The van der Waals surface area contributed by atoms with Crippen LogP contribution in [0.1, 0.15) is 12.5 Å². The highest BCUT2D eigenvalue weighted by Gasteiger charge is 2.02. The van der Waals surface area contributed by atoms with E-state index in [1.165, 1.54) is 5.56 Å². The highest BCUT2D eigenvalue weighted by atomic mass is 15.1. The van der Waals surface area contributed by atoms with Gasteiger partial charge in [0.15, 0.2) is 0 Å². The van der Waals surface area contributed by atoms with Crippen LogP contribution >= 0.6 is 0 Å². The predicted molar refractivity (Wildman–Crippen MR) is 50.8 cm³/mol. The highest BCUT2D eigenvalue weighted by Crippen LogP contribution is 2.00. The average Bonchev–Trinajstić information content (AvgIpc) is 2.37. The Hall–Kier alpha value is -0.800. The average molecular weight is 167 g/mol. The van der Waals surface area contributed by atoms with E-state index in [0.717, 1.165) is 13.1 Å². The zero-order valence-electron chi connectivity index (χ0n) is 7.75. The minimum atomic E-state index is 0.244. The van der Waals surface area contributed by atoms with Gasteiger partial charge in [-0.2, -0.15) is 0 Å². The number of aromatic nitrogens is 1. The van der Waals surface area contributed by atoms with Gasteiger partial charge in [-0.05, 0) is 25.6 Å². The molecule has 0 fully saturated rings. The van der Waals surface area contributed by atoms with Gasteiger partial charge in [-0.15, -0.1) is 0 Å². The Balaban J connectivity index is 2.32. The molecule has 0 radical (unpaired) electrons. The van der Waals surface area contributed by atoms with Gasteiger partial charge in [0.05, 0.1) is 0 Å². The van der Waals surface area contributed by atoms with Gasteiger partial charge in [0, 0.05) is 31.5 Å². The summed E-state index contributed by atoms with van der Waals surface area (Å²) in [5.41, 5.74) is 6.98. The van der Waals surface area contributed by atoms with E-state index in [2.05, 4.69) is 23.0 Å². The molecule has 1 unspecified atom stereocenters. The number of likely N-dealkylation sites (N-methyl/N-ethyl adjacent to an activating group) is 1. The molecule has 0 bridgehead atoms. The molecule has 0 aliphatic rings. The molecule has 12 heavy (non-hydrogen) atoms. The molecule has 0 aromatic carbocycles. The first kappa shape index (κ1) is 9.29. The van der Waals surface area contributed by atoms with E-state index in [1.807, 2.05) is 19.3 Å². The quantitative estimate of drug-likeness (QED) is 0.696. The summed E-state index contributed by atoms with van der Waals surface area (Å²) in [6, 6.07) is 2.33. The molecule has 0 spiro atoms. The molecule has 3 nitrogen and oxygen atoms in total. The third kappa shape index (κ3) is 3.07. The number of H-pyrrole nitrogens is 1. The van der Waals surface area contributed by atoms with Crippen LogP contribution in [0.15, 0.2) is 18.5 Å². The van der Waals surface area contributed by atoms with Gasteiger partial charge in [-0.25, -0.2) is 0 Å². The summed E-state index contributed by atoms with van der Waals surface area (Å²) in [5, 5.41) is 0. The minimum Gasteiger partial charge on any atom is -0.367 e. The van der Waals surface area contributed by atoms with Crippen molar-refractivity contribution in [2.45, 2.75) is 19.5 Å². The van der Waals surface area contributed by atoms with E-state index in [4.69, 9.17) is 5.73 Å². The number of nitrogens with two attached hydrogens (primary N) is 1. The second-order valence-electron chi connectivity index (χ2n) is 3.39. The van der Waals surface area contributed by atoms with Gasteiger partial charge >= 0.3 is 0 Å². The maximum Gasteiger partial charge on any atom is 0.0246 e. The highest BCUT2D eigenvalue weighted by molar-refractivity contribution is 5.07. The number of nitrogens with zero attached hydrogens (tertiary/aromatic N) is 1. The molecular weight excluding hydrogens is 150 g/mol. The fourth-order valence-corrected chi connectivity index (χ4v) is 1.32. The largest absolute Gasteiger partial charge is 0.367 e. The van der Waals surface area contributed by atoms with Gasteiger partial charge < -0.3 is 15.6 Å². The maximum absolute atomic E-state index is 5.67. The Morgan fingerprint density at radius 2 is 2.42 bits per heavy atom. The Labute approximate surface area is 73.6 Å². The van der Waals surface area contributed by atoms with Crippen LogP contribution in [-0.2, 0) is 6.54 Å². The molecule has 0 saturated heterocycles. The van der Waals surface area contributed by atoms with Gasteiger partial charge in [0.1, 0.15) is 0 Å². The molecule has 1 aromatic rings. The molecule has 1 heterocycles. The number of hydrogen-bond acceptors (Lipinski definition) is 2. The lowest BCUT2D eigenvalue weighted by Gasteiger charge is -2.17. The van der Waals surface area contributed by atoms with Crippen molar-refractivity contribution < 1.29 is 0 Å². The molecule has 1 rings (SSSR count). The molecule has 1 aromatic heterocycles. The summed E-state index contributed by atoms with van der Waals surface area (Å²) in [5.74, 6) is 0. The zero-order chi connectivity index (χ0) is 8.97. The fourth-order valence-electron chi connectivity index (χ4n) is 1.32. The summed E-state index contributed by atoms with van der Waals surface area (Å²) in [7, 11) is 2.08. The van der Waals surface area contributed by atoms with Crippen LogP contribution in [0.4, 0.5) is 0 Å². The Morgan fingerprint density at radius 1 is 1.67 bits per heavy atom. The molecular formula is C9H17N3. The number of hydrogen-bond donors (Lipinski definition) is 2. The number of nitrogens with one attached hydrogen (secondary N) is 1. The molecule has 3 heteroatoms. The van der Waals surface area contributed by atoms with Crippen molar-refractivity contribution in [1.29, 1.82) is 0 Å². The monoisotopic (exact) mass is 167 g/mol. The summed E-state index contributed by atoms with van der Waals surface area (Å²) in [4.78, 5) is 5.25. The van der Waals surface area contributed by atoms with E-state index in [-0.39, 0.29) is 6.04 Å².